The van der Waals surface area contributed by atoms with E-state index in [1.807, 2.05) is 34.6 Å². The molecule has 0 aromatic carbocycles. The molecule has 13 heavy (non-hydrogen) atoms. The van der Waals surface area contributed by atoms with Crippen molar-refractivity contribution in [3.63, 3.8) is 0 Å². The van der Waals surface area contributed by atoms with E-state index < -0.39 is 11.0 Å². The van der Waals surface area contributed by atoms with Crippen molar-refractivity contribution in [3.05, 3.63) is 0 Å². The van der Waals surface area contributed by atoms with Gasteiger partial charge in [0.2, 0.25) is 5.91 Å². The summed E-state index contributed by atoms with van der Waals surface area (Å²) in [5.41, 5.74) is 0. The fraction of sp³-hybridized carbons (Fsp3) is 0.889. The van der Waals surface area contributed by atoms with Crippen molar-refractivity contribution in [2.45, 2.75) is 45.8 Å². The number of carbonyl (C=O) groups is 1. The zero-order valence-electron chi connectivity index (χ0n) is 9.01. The Morgan fingerprint density at radius 3 is 2.15 bits per heavy atom. The van der Waals surface area contributed by atoms with E-state index in [1.165, 1.54) is 0 Å². The van der Waals surface area contributed by atoms with E-state index in [0.717, 1.165) is 0 Å². The topological polar surface area (TPSA) is 46.2 Å². The lowest BCUT2D eigenvalue weighted by molar-refractivity contribution is -0.119. The van der Waals surface area contributed by atoms with Gasteiger partial charge in [-0.05, 0) is 26.7 Å². The van der Waals surface area contributed by atoms with E-state index in [0.29, 0.717) is 12.3 Å². The van der Waals surface area contributed by atoms with Crippen molar-refractivity contribution in [3.8, 4) is 0 Å². The highest BCUT2D eigenvalue weighted by molar-refractivity contribution is 7.85. The average molecular weight is 205 g/mol. The second kappa shape index (κ2) is 4.74. The Hall–Kier alpha value is -0.380. The molecule has 3 nitrogen and oxygen atoms in total. The van der Waals surface area contributed by atoms with Crippen molar-refractivity contribution in [2.24, 2.45) is 5.92 Å². The molecule has 0 aliphatic heterocycles. The number of nitrogens with one attached hydrogen (secondary N) is 1. The molecule has 1 N–H and O–H groups in total. The summed E-state index contributed by atoms with van der Waals surface area (Å²) < 4.78 is 13.5. The zero-order valence-corrected chi connectivity index (χ0v) is 9.83. The molecule has 78 valence electrons. The van der Waals surface area contributed by atoms with Crippen LogP contribution < -0.4 is 4.72 Å². The number of rotatable bonds is 3. The Labute approximate surface area is 82.9 Å². The summed E-state index contributed by atoms with van der Waals surface area (Å²) in [6, 6.07) is 0. The van der Waals surface area contributed by atoms with Gasteiger partial charge in [0.25, 0.3) is 0 Å². The van der Waals surface area contributed by atoms with E-state index in [-0.39, 0.29) is 10.7 Å². The third kappa shape index (κ3) is 5.80. The SMILES string of the molecule is CC(C)CC(=O)NS(=O)C(C)(C)C. The van der Waals surface area contributed by atoms with Crippen molar-refractivity contribution < 1.29 is 9.00 Å². The molecule has 1 amide bonds. The third-order valence-electron chi connectivity index (χ3n) is 1.36. The maximum Gasteiger partial charge on any atom is 0.231 e. The quantitative estimate of drug-likeness (QED) is 0.761. The normalized spacial score (nSPS) is 14.3. The van der Waals surface area contributed by atoms with Gasteiger partial charge in [0, 0.05) is 6.42 Å². The highest BCUT2D eigenvalue weighted by atomic mass is 32.2. The van der Waals surface area contributed by atoms with Crippen LogP contribution in [0.2, 0.25) is 0 Å². The molecule has 0 saturated heterocycles. The zero-order chi connectivity index (χ0) is 10.6. The lowest BCUT2D eigenvalue weighted by Crippen LogP contribution is -2.37. The number of hydrogen-bond donors (Lipinski definition) is 1. The van der Waals surface area contributed by atoms with Crippen LogP contribution in [0.5, 0.6) is 0 Å². The summed E-state index contributed by atoms with van der Waals surface area (Å²) in [6.07, 6.45) is 0.432. The molecule has 0 radical (unpaired) electrons. The van der Waals surface area contributed by atoms with Crippen LogP contribution in [0.15, 0.2) is 0 Å². The molecule has 0 aromatic rings. The first-order chi connectivity index (χ1) is 5.73. The highest BCUT2D eigenvalue weighted by Crippen LogP contribution is 2.09. The van der Waals surface area contributed by atoms with Crippen LogP contribution in [0.25, 0.3) is 0 Å². The Kier molecular flexibility index (Phi) is 4.61. The van der Waals surface area contributed by atoms with E-state index in [1.54, 1.807) is 0 Å². The first kappa shape index (κ1) is 12.6. The summed E-state index contributed by atoms with van der Waals surface area (Å²) in [5.74, 6) is 0.167. The minimum Gasteiger partial charge on any atom is -0.275 e. The molecule has 0 aromatic heterocycles. The molecular weight excluding hydrogens is 186 g/mol. The third-order valence-corrected chi connectivity index (χ3v) is 2.88. The predicted octanol–water partition coefficient (Wildman–Crippen LogP) is 1.61. The fourth-order valence-electron chi connectivity index (χ4n) is 0.669. The van der Waals surface area contributed by atoms with Crippen LogP contribution in [-0.2, 0) is 15.8 Å². The van der Waals surface area contributed by atoms with Crippen LogP contribution >= 0.6 is 0 Å². The van der Waals surface area contributed by atoms with Gasteiger partial charge >= 0.3 is 0 Å². The summed E-state index contributed by atoms with van der Waals surface area (Å²) in [7, 11) is -1.28. The summed E-state index contributed by atoms with van der Waals surface area (Å²) in [5, 5.41) is 0. The molecule has 0 rings (SSSR count). The van der Waals surface area contributed by atoms with E-state index in [9.17, 15) is 9.00 Å². The van der Waals surface area contributed by atoms with E-state index in [4.69, 9.17) is 0 Å². The smallest absolute Gasteiger partial charge is 0.231 e. The van der Waals surface area contributed by atoms with Crippen LogP contribution in [0.1, 0.15) is 41.0 Å². The van der Waals surface area contributed by atoms with Crippen molar-refractivity contribution in [1.82, 2.24) is 4.72 Å². The minimum atomic E-state index is -1.28. The molecule has 1 atom stereocenters. The van der Waals surface area contributed by atoms with Crippen LogP contribution in [0.4, 0.5) is 0 Å². The lowest BCUT2D eigenvalue weighted by Gasteiger charge is -2.18. The fourth-order valence-corrected chi connectivity index (χ4v) is 1.27. The molecule has 0 fully saturated rings. The summed E-state index contributed by atoms with van der Waals surface area (Å²) in [6.45, 7) is 9.41. The monoisotopic (exact) mass is 205 g/mol. The van der Waals surface area contributed by atoms with E-state index in [2.05, 4.69) is 4.72 Å². The van der Waals surface area contributed by atoms with Crippen LogP contribution in [0, 0.1) is 5.92 Å². The van der Waals surface area contributed by atoms with Gasteiger partial charge in [0.05, 0.1) is 4.75 Å². The predicted molar refractivity (Wildman–Crippen MR) is 55.5 cm³/mol. The molecule has 0 bridgehead atoms. The lowest BCUT2D eigenvalue weighted by atomic mass is 10.1. The maximum absolute atomic E-state index is 11.4. The molecule has 0 saturated carbocycles. The van der Waals surface area contributed by atoms with Gasteiger partial charge in [-0.1, -0.05) is 13.8 Å². The Bertz CT molecular complexity index is 206. The first-order valence-corrected chi connectivity index (χ1v) is 5.60. The van der Waals surface area contributed by atoms with Crippen molar-refractivity contribution in [1.29, 1.82) is 0 Å². The van der Waals surface area contributed by atoms with Crippen LogP contribution in [0.3, 0.4) is 0 Å². The molecule has 0 aliphatic rings. The van der Waals surface area contributed by atoms with Gasteiger partial charge < -0.3 is 0 Å². The highest BCUT2D eigenvalue weighted by Gasteiger charge is 2.21. The largest absolute Gasteiger partial charge is 0.275 e. The van der Waals surface area contributed by atoms with Gasteiger partial charge in [0.15, 0.2) is 0 Å². The standard InChI is InChI=1S/C9H19NO2S/c1-7(2)6-8(11)10-13(12)9(3,4)5/h7H,6H2,1-5H3,(H,10,11). The first-order valence-electron chi connectivity index (χ1n) is 4.45. The number of amides is 1. The van der Waals surface area contributed by atoms with Gasteiger partial charge in [-0.2, -0.15) is 0 Å². The average Bonchev–Trinajstić information content (AvgIpc) is 1.82. The molecule has 1 unspecified atom stereocenters. The summed E-state index contributed by atoms with van der Waals surface area (Å²) in [4.78, 5) is 11.2. The minimum absolute atomic E-state index is 0.136. The molecule has 0 spiro atoms. The molecule has 0 aliphatic carbocycles. The second-order valence-corrected chi connectivity index (χ2v) is 6.47. The molecule has 4 heteroatoms. The Balaban J connectivity index is 4.01. The van der Waals surface area contributed by atoms with Crippen LogP contribution in [-0.4, -0.2) is 14.9 Å². The van der Waals surface area contributed by atoms with Gasteiger partial charge in [-0.25, -0.2) is 4.21 Å². The maximum atomic E-state index is 11.4. The van der Waals surface area contributed by atoms with Gasteiger partial charge in [0.1, 0.15) is 11.0 Å². The van der Waals surface area contributed by atoms with Gasteiger partial charge in [-0.15, -0.1) is 0 Å². The van der Waals surface area contributed by atoms with Gasteiger partial charge in [-0.3, -0.25) is 9.52 Å². The van der Waals surface area contributed by atoms with Crippen molar-refractivity contribution in [2.75, 3.05) is 0 Å². The molecular formula is C9H19NO2S. The molecule has 0 heterocycles. The summed E-state index contributed by atoms with van der Waals surface area (Å²) >= 11 is 0. The number of carbonyl (C=O) groups excluding carboxylic acids is 1. The Morgan fingerprint density at radius 1 is 1.38 bits per heavy atom. The Morgan fingerprint density at radius 2 is 1.85 bits per heavy atom. The van der Waals surface area contributed by atoms with Crippen molar-refractivity contribution >= 4 is 16.9 Å². The number of hydrogen-bond acceptors (Lipinski definition) is 2. The second-order valence-electron chi connectivity index (χ2n) is 4.50. The van der Waals surface area contributed by atoms with E-state index >= 15 is 0 Å².